The molecule has 0 atom stereocenters. The molecule has 6 heteroatoms. The van der Waals surface area contributed by atoms with Crippen molar-refractivity contribution in [2.45, 2.75) is 32.4 Å². The van der Waals surface area contributed by atoms with Crippen LogP contribution in [0.3, 0.4) is 0 Å². The Kier molecular flexibility index (Phi) is 5.79. The predicted molar refractivity (Wildman–Crippen MR) is 114 cm³/mol. The van der Waals surface area contributed by atoms with Gasteiger partial charge in [-0.25, -0.2) is 0 Å². The lowest BCUT2D eigenvalue weighted by Gasteiger charge is -2.29. The van der Waals surface area contributed by atoms with Gasteiger partial charge < -0.3 is 19.4 Å². The molecular formula is C23H26ClN2O3+. The zero-order chi connectivity index (χ0) is 20.4. The maximum absolute atomic E-state index is 12.8. The Labute approximate surface area is 175 Å². The van der Waals surface area contributed by atoms with Gasteiger partial charge in [0.25, 0.3) is 5.91 Å². The Morgan fingerprint density at radius 2 is 1.93 bits per heavy atom. The number of methoxy groups -OCH3 is 1. The molecule has 0 aliphatic carbocycles. The molecule has 2 heterocycles. The van der Waals surface area contributed by atoms with E-state index in [1.807, 2.05) is 37.3 Å². The highest BCUT2D eigenvalue weighted by molar-refractivity contribution is 6.30. The smallest absolute Gasteiger partial charge is 0.287 e. The van der Waals surface area contributed by atoms with E-state index in [0.29, 0.717) is 11.3 Å². The number of ether oxygens (including phenoxy) is 1. The first-order chi connectivity index (χ1) is 14.0. The number of fused-ring (bicyclic) bond motifs is 1. The van der Waals surface area contributed by atoms with Crippen LogP contribution in [0.2, 0.25) is 5.02 Å². The van der Waals surface area contributed by atoms with Crippen LogP contribution in [-0.4, -0.2) is 32.1 Å². The molecule has 0 bridgehead atoms. The van der Waals surface area contributed by atoms with Crippen molar-refractivity contribution in [2.75, 3.05) is 20.2 Å². The third-order valence-corrected chi connectivity index (χ3v) is 6.00. The van der Waals surface area contributed by atoms with Crippen LogP contribution in [-0.2, 0) is 6.54 Å². The van der Waals surface area contributed by atoms with Crippen molar-refractivity contribution in [1.82, 2.24) is 5.32 Å². The summed E-state index contributed by atoms with van der Waals surface area (Å²) in [5.74, 6) is 1.01. The molecule has 2 N–H and O–H groups in total. The fraction of sp³-hybridized carbons (Fsp3) is 0.348. The Balaban J connectivity index is 1.35. The van der Waals surface area contributed by atoms with Crippen LogP contribution in [0.1, 0.15) is 34.5 Å². The van der Waals surface area contributed by atoms with Gasteiger partial charge in [0.2, 0.25) is 0 Å². The maximum atomic E-state index is 12.8. The number of rotatable bonds is 5. The molecule has 29 heavy (non-hydrogen) atoms. The number of nitrogens with one attached hydrogen (secondary N) is 2. The highest BCUT2D eigenvalue weighted by atomic mass is 35.5. The third kappa shape index (κ3) is 4.41. The van der Waals surface area contributed by atoms with E-state index in [9.17, 15) is 4.79 Å². The standard InChI is InChI=1S/C23H25ClN2O3/c1-15-20-13-19(28-2)7-8-21(20)29-22(15)23(27)25-18-9-11-26(12-10-18)14-16-3-5-17(24)6-4-16/h3-8,13,18H,9-12,14H2,1-2H3,(H,25,27)/p+1. The summed E-state index contributed by atoms with van der Waals surface area (Å²) < 4.78 is 11.1. The van der Waals surface area contributed by atoms with Crippen molar-refractivity contribution in [2.24, 2.45) is 0 Å². The Morgan fingerprint density at radius 1 is 1.21 bits per heavy atom. The number of carbonyl (C=O) groups excluding carboxylic acids is 1. The molecule has 1 fully saturated rings. The highest BCUT2D eigenvalue weighted by Gasteiger charge is 2.26. The predicted octanol–water partition coefficient (Wildman–Crippen LogP) is 3.38. The summed E-state index contributed by atoms with van der Waals surface area (Å²) in [6, 6.07) is 13.8. The molecule has 4 rings (SSSR count). The maximum Gasteiger partial charge on any atom is 0.287 e. The van der Waals surface area contributed by atoms with Gasteiger partial charge in [0, 0.05) is 40.4 Å². The number of likely N-dealkylation sites (tertiary alicyclic amines) is 1. The summed E-state index contributed by atoms with van der Waals surface area (Å²) >= 11 is 5.96. The second-order valence-electron chi connectivity index (χ2n) is 7.72. The number of carbonyl (C=O) groups is 1. The van der Waals surface area contributed by atoms with Crippen LogP contribution >= 0.6 is 11.6 Å². The largest absolute Gasteiger partial charge is 0.497 e. The number of benzene rings is 2. The van der Waals surface area contributed by atoms with Crippen molar-refractivity contribution in [1.29, 1.82) is 0 Å². The van der Waals surface area contributed by atoms with Gasteiger partial charge in [-0.3, -0.25) is 4.79 Å². The first-order valence-corrected chi connectivity index (χ1v) is 10.4. The van der Waals surface area contributed by atoms with E-state index in [-0.39, 0.29) is 11.9 Å². The summed E-state index contributed by atoms with van der Waals surface area (Å²) in [6.45, 7) is 4.97. The topological polar surface area (TPSA) is 55.9 Å². The van der Waals surface area contributed by atoms with E-state index in [4.69, 9.17) is 20.8 Å². The van der Waals surface area contributed by atoms with Crippen molar-refractivity contribution in [3.8, 4) is 5.75 Å². The molecule has 0 radical (unpaired) electrons. The zero-order valence-corrected chi connectivity index (χ0v) is 17.5. The summed E-state index contributed by atoms with van der Waals surface area (Å²) in [7, 11) is 1.63. The summed E-state index contributed by atoms with van der Waals surface area (Å²) in [6.07, 6.45) is 1.92. The van der Waals surface area contributed by atoms with Crippen LogP contribution in [0.4, 0.5) is 0 Å². The lowest BCUT2D eigenvalue weighted by molar-refractivity contribution is -0.918. The summed E-state index contributed by atoms with van der Waals surface area (Å²) in [5.41, 5.74) is 2.85. The first kappa shape index (κ1) is 19.8. The monoisotopic (exact) mass is 413 g/mol. The first-order valence-electron chi connectivity index (χ1n) is 9.99. The average molecular weight is 414 g/mol. The second kappa shape index (κ2) is 8.47. The SMILES string of the molecule is COc1ccc2oc(C(=O)NC3CC[NH+](Cc4ccc(Cl)cc4)CC3)c(C)c2c1. The average Bonchev–Trinajstić information content (AvgIpc) is 3.07. The molecule has 2 aromatic carbocycles. The highest BCUT2D eigenvalue weighted by Crippen LogP contribution is 2.28. The summed E-state index contributed by atoms with van der Waals surface area (Å²) in [5, 5.41) is 4.84. The number of piperidine rings is 1. The van der Waals surface area contributed by atoms with Gasteiger partial charge in [-0.05, 0) is 37.3 Å². The van der Waals surface area contributed by atoms with Crippen molar-refractivity contribution in [3.05, 3.63) is 64.4 Å². The Morgan fingerprint density at radius 3 is 2.62 bits per heavy atom. The van der Waals surface area contributed by atoms with Gasteiger partial charge in [-0.1, -0.05) is 23.7 Å². The minimum Gasteiger partial charge on any atom is -0.497 e. The number of hydrogen-bond acceptors (Lipinski definition) is 3. The molecule has 0 unspecified atom stereocenters. The van der Waals surface area contributed by atoms with Crippen LogP contribution in [0.15, 0.2) is 46.9 Å². The molecular weight excluding hydrogens is 388 g/mol. The van der Waals surface area contributed by atoms with E-state index in [2.05, 4.69) is 17.4 Å². The van der Waals surface area contributed by atoms with E-state index >= 15 is 0 Å². The van der Waals surface area contributed by atoms with Gasteiger partial charge >= 0.3 is 0 Å². The minimum absolute atomic E-state index is 0.135. The molecule has 3 aromatic rings. The number of aryl methyl sites for hydroxylation is 1. The normalized spacial score (nSPS) is 19.3. The fourth-order valence-corrected chi connectivity index (χ4v) is 4.16. The molecule has 1 aliphatic heterocycles. The summed E-state index contributed by atoms with van der Waals surface area (Å²) in [4.78, 5) is 14.3. The lowest BCUT2D eigenvalue weighted by atomic mass is 10.0. The molecule has 1 aromatic heterocycles. The quantitative estimate of drug-likeness (QED) is 0.674. The fourth-order valence-electron chi connectivity index (χ4n) is 4.03. The van der Waals surface area contributed by atoms with Gasteiger partial charge in [0.15, 0.2) is 5.76 Å². The van der Waals surface area contributed by atoms with Gasteiger partial charge in [0.05, 0.1) is 20.2 Å². The van der Waals surface area contributed by atoms with Gasteiger partial charge in [0.1, 0.15) is 17.9 Å². The molecule has 5 nitrogen and oxygen atoms in total. The van der Waals surface area contributed by atoms with Crippen LogP contribution < -0.4 is 15.0 Å². The van der Waals surface area contributed by atoms with E-state index in [1.54, 1.807) is 7.11 Å². The molecule has 0 saturated carbocycles. The van der Waals surface area contributed by atoms with Crippen LogP contribution in [0.25, 0.3) is 11.0 Å². The minimum atomic E-state index is -0.135. The number of quaternary nitrogens is 1. The molecule has 0 spiro atoms. The van der Waals surface area contributed by atoms with Crippen LogP contribution in [0.5, 0.6) is 5.75 Å². The molecule has 1 saturated heterocycles. The zero-order valence-electron chi connectivity index (χ0n) is 16.8. The number of amides is 1. The number of hydrogen-bond donors (Lipinski definition) is 2. The second-order valence-corrected chi connectivity index (χ2v) is 8.16. The van der Waals surface area contributed by atoms with E-state index in [0.717, 1.165) is 54.2 Å². The van der Waals surface area contributed by atoms with Gasteiger partial charge in [-0.2, -0.15) is 0 Å². The van der Waals surface area contributed by atoms with Crippen molar-refractivity contribution >= 4 is 28.5 Å². The third-order valence-electron chi connectivity index (χ3n) is 5.74. The van der Waals surface area contributed by atoms with Gasteiger partial charge in [-0.15, -0.1) is 0 Å². The molecule has 152 valence electrons. The molecule has 1 aliphatic rings. The Bertz CT molecular complexity index is 1000. The van der Waals surface area contributed by atoms with E-state index in [1.165, 1.54) is 10.5 Å². The van der Waals surface area contributed by atoms with Crippen molar-refractivity contribution in [3.63, 3.8) is 0 Å². The van der Waals surface area contributed by atoms with E-state index < -0.39 is 0 Å². The Hall–Kier alpha value is -2.50. The molecule has 1 amide bonds. The van der Waals surface area contributed by atoms with Crippen LogP contribution in [0, 0.1) is 6.92 Å². The number of furan rings is 1. The number of halogens is 1. The lowest BCUT2D eigenvalue weighted by Crippen LogP contribution is -3.12. The van der Waals surface area contributed by atoms with Crippen molar-refractivity contribution < 1.29 is 18.8 Å².